The van der Waals surface area contributed by atoms with E-state index < -0.39 is 6.04 Å². The van der Waals surface area contributed by atoms with Gasteiger partial charge in [0, 0.05) is 25.8 Å². The zero-order valence-electron chi connectivity index (χ0n) is 22.8. The van der Waals surface area contributed by atoms with Crippen molar-refractivity contribution in [3.8, 4) is 5.69 Å². The van der Waals surface area contributed by atoms with Crippen LogP contribution in [0.5, 0.6) is 0 Å². The van der Waals surface area contributed by atoms with Crippen molar-refractivity contribution < 1.29 is 9.53 Å². The van der Waals surface area contributed by atoms with Crippen molar-refractivity contribution in [3.63, 3.8) is 0 Å². The van der Waals surface area contributed by atoms with Gasteiger partial charge in [0.1, 0.15) is 5.82 Å². The van der Waals surface area contributed by atoms with Crippen LogP contribution in [0, 0.1) is 13.8 Å². The van der Waals surface area contributed by atoms with Gasteiger partial charge in [-0.1, -0.05) is 66.2 Å². The molecule has 39 heavy (non-hydrogen) atoms. The molecule has 1 atom stereocenters. The third-order valence-electron chi connectivity index (χ3n) is 7.26. The molecule has 5 aromatic rings. The summed E-state index contributed by atoms with van der Waals surface area (Å²) in [6.45, 7) is 6.94. The number of carbonyl (C=O) groups is 1. The molecule has 0 fully saturated rings. The number of fused-ring (bicyclic) bond motifs is 2. The smallest absolute Gasteiger partial charge is 0.266 e. The molecule has 1 aromatic heterocycles. The Kier molecular flexibility index (Phi) is 7.57. The predicted molar refractivity (Wildman–Crippen MR) is 157 cm³/mol. The van der Waals surface area contributed by atoms with Crippen LogP contribution < -0.4 is 5.56 Å². The molecule has 0 aliphatic heterocycles. The molecular weight excluding hydrogens is 486 g/mol. The summed E-state index contributed by atoms with van der Waals surface area (Å²) < 4.78 is 7.00. The van der Waals surface area contributed by atoms with Gasteiger partial charge in [-0.25, -0.2) is 4.98 Å². The normalized spacial score (nSPS) is 12.1. The van der Waals surface area contributed by atoms with Gasteiger partial charge in [0.15, 0.2) is 0 Å². The molecule has 5 rings (SSSR count). The second kappa shape index (κ2) is 11.2. The average molecular weight is 520 g/mol. The average Bonchev–Trinajstić information content (AvgIpc) is 2.95. The van der Waals surface area contributed by atoms with E-state index in [-0.39, 0.29) is 11.5 Å². The van der Waals surface area contributed by atoms with Crippen molar-refractivity contribution >= 4 is 27.6 Å². The molecule has 0 saturated heterocycles. The van der Waals surface area contributed by atoms with Gasteiger partial charge in [0.05, 0.1) is 22.6 Å². The van der Waals surface area contributed by atoms with Crippen LogP contribution >= 0.6 is 0 Å². The number of ether oxygens (including phenoxy) is 1. The van der Waals surface area contributed by atoms with Crippen LogP contribution in [0.4, 0.5) is 0 Å². The van der Waals surface area contributed by atoms with E-state index >= 15 is 0 Å². The van der Waals surface area contributed by atoms with Gasteiger partial charge in [0.2, 0.25) is 0 Å². The number of carbonyl (C=O) groups excluding carboxylic acids is 1. The molecule has 0 aliphatic carbocycles. The zero-order valence-corrected chi connectivity index (χ0v) is 22.8. The van der Waals surface area contributed by atoms with Gasteiger partial charge in [0.25, 0.3) is 11.5 Å². The molecule has 0 spiro atoms. The van der Waals surface area contributed by atoms with Crippen molar-refractivity contribution in [3.05, 3.63) is 118 Å². The van der Waals surface area contributed by atoms with Crippen molar-refractivity contribution in [1.82, 2.24) is 14.5 Å². The second-order valence-corrected chi connectivity index (χ2v) is 9.97. The molecule has 0 aliphatic rings. The Morgan fingerprint density at radius 1 is 0.949 bits per heavy atom. The maximum atomic E-state index is 14.2. The van der Waals surface area contributed by atoms with Gasteiger partial charge in [-0.2, -0.15) is 0 Å². The first-order valence-electron chi connectivity index (χ1n) is 13.3. The first-order chi connectivity index (χ1) is 18.9. The van der Waals surface area contributed by atoms with Crippen molar-refractivity contribution in [2.75, 3.05) is 20.3 Å². The molecule has 198 valence electrons. The van der Waals surface area contributed by atoms with E-state index in [1.54, 1.807) is 17.7 Å². The number of aryl methyl sites for hydroxylation is 2. The molecule has 0 bridgehead atoms. The molecule has 4 aromatic carbocycles. The first-order valence-corrected chi connectivity index (χ1v) is 13.3. The zero-order chi connectivity index (χ0) is 27.5. The van der Waals surface area contributed by atoms with E-state index in [1.807, 2.05) is 98.5 Å². The number of nitrogens with zero attached hydrogens (tertiary/aromatic N) is 3. The Labute approximate surface area is 228 Å². The summed E-state index contributed by atoms with van der Waals surface area (Å²) in [5, 5.41) is 2.44. The molecule has 6 heteroatoms. The van der Waals surface area contributed by atoms with E-state index in [9.17, 15) is 9.59 Å². The number of benzene rings is 4. The molecule has 6 nitrogen and oxygen atoms in total. The lowest BCUT2D eigenvalue weighted by Gasteiger charge is -2.31. The lowest BCUT2D eigenvalue weighted by atomic mass is 10.0. The fraction of sp³-hybridized carbons (Fsp3) is 0.242. The van der Waals surface area contributed by atoms with E-state index in [0.29, 0.717) is 41.9 Å². The maximum Gasteiger partial charge on any atom is 0.266 e. The molecule has 1 heterocycles. The van der Waals surface area contributed by atoms with E-state index in [1.165, 1.54) is 0 Å². The Hall–Kier alpha value is -4.29. The number of para-hydroxylation sites is 1. The predicted octanol–water partition coefficient (Wildman–Crippen LogP) is 6.40. The lowest BCUT2D eigenvalue weighted by Crippen LogP contribution is -2.38. The van der Waals surface area contributed by atoms with E-state index in [0.717, 1.165) is 27.6 Å². The summed E-state index contributed by atoms with van der Waals surface area (Å²) in [6.07, 6.45) is 0.652. The molecule has 1 amide bonds. The van der Waals surface area contributed by atoms with Crippen molar-refractivity contribution in [2.45, 2.75) is 33.2 Å². The van der Waals surface area contributed by atoms with Crippen LogP contribution in [0.15, 0.2) is 89.7 Å². The fourth-order valence-electron chi connectivity index (χ4n) is 5.28. The number of aromatic nitrogens is 2. The first kappa shape index (κ1) is 26.3. The highest BCUT2D eigenvalue weighted by molar-refractivity contribution is 6.07. The minimum atomic E-state index is -0.494. The van der Waals surface area contributed by atoms with Gasteiger partial charge in [-0.3, -0.25) is 14.2 Å². The van der Waals surface area contributed by atoms with Gasteiger partial charge < -0.3 is 9.64 Å². The Bertz CT molecular complexity index is 1720. The largest absolute Gasteiger partial charge is 0.385 e. The standard InChI is InChI=1S/C33H33N3O3/c1-22-17-18-30(23(2)21-22)36-31(34-29-16-8-7-14-28(29)33(36)38)24(3)35(19-10-20-39-4)32(37)27-15-9-12-25-11-5-6-13-26(25)27/h5-9,11-18,21,24H,10,19-20H2,1-4H3. The Morgan fingerprint density at radius 2 is 1.67 bits per heavy atom. The third-order valence-corrected chi connectivity index (χ3v) is 7.26. The summed E-state index contributed by atoms with van der Waals surface area (Å²) >= 11 is 0. The number of methoxy groups -OCH3 is 1. The van der Waals surface area contributed by atoms with Crippen LogP contribution in [0.1, 0.15) is 46.7 Å². The van der Waals surface area contributed by atoms with Crippen LogP contribution in [-0.4, -0.2) is 40.6 Å². The number of rotatable bonds is 8. The molecule has 0 N–H and O–H groups in total. The highest BCUT2D eigenvalue weighted by Crippen LogP contribution is 2.28. The Morgan fingerprint density at radius 3 is 2.44 bits per heavy atom. The van der Waals surface area contributed by atoms with Crippen molar-refractivity contribution in [1.29, 1.82) is 0 Å². The van der Waals surface area contributed by atoms with Gasteiger partial charge in [-0.15, -0.1) is 0 Å². The minimum Gasteiger partial charge on any atom is -0.385 e. The summed E-state index contributed by atoms with van der Waals surface area (Å²) in [7, 11) is 1.66. The minimum absolute atomic E-state index is 0.106. The lowest BCUT2D eigenvalue weighted by molar-refractivity contribution is 0.0659. The quantitative estimate of drug-likeness (QED) is 0.223. The SMILES string of the molecule is COCCCN(C(=O)c1cccc2ccccc12)C(C)c1nc2ccccc2c(=O)n1-c1ccc(C)cc1C. The Balaban J connectivity index is 1.70. The van der Waals surface area contributed by atoms with Crippen LogP contribution in [-0.2, 0) is 4.74 Å². The van der Waals surface area contributed by atoms with Crippen molar-refractivity contribution in [2.24, 2.45) is 0 Å². The number of hydrogen-bond donors (Lipinski definition) is 0. The summed E-state index contributed by atoms with van der Waals surface area (Å²) in [5.41, 5.74) is 3.93. The molecule has 0 saturated carbocycles. The van der Waals surface area contributed by atoms with Crippen LogP contribution in [0.2, 0.25) is 0 Å². The van der Waals surface area contributed by atoms with Gasteiger partial charge >= 0.3 is 0 Å². The summed E-state index contributed by atoms with van der Waals surface area (Å²) in [6, 6.07) is 26.6. The summed E-state index contributed by atoms with van der Waals surface area (Å²) in [5.74, 6) is 0.418. The summed E-state index contributed by atoms with van der Waals surface area (Å²) in [4.78, 5) is 35.1. The number of amides is 1. The number of hydrogen-bond acceptors (Lipinski definition) is 4. The molecular formula is C33H33N3O3. The second-order valence-electron chi connectivity index (χ2n) is 9.97. The fourth-order valence-corrected chi connectivity index (χ4v) is 5.28. The van der Waals surface area contributed by atoms with E-state index in [2.05, 4.69) is 6.07 Å². The molecule has 1 unspecified atom stereocenters. The van der Waals surface area contributed by atoms with E-state index in [4.69, 9.17) is 9.72 Å². The van der Waals surface area contributed by atoms with Crippen LogP contribution in [0.3, 0.4) is 0 Å². The highest BCUT2D eigenvalue weighted by Gasteiger charge is 2.28. The monoisotopic (exact) mass is 519 g/mol. The van der Waals surface area contributed by atoms with Gasteiger partial charge in [-0.05, 0) is 67.8 Å². The molecule has 0 radical (unpaired) electrons. The highest BCUT2D eigenvalue weighted by atomic mass is 16.5. The van der Waals surface area contributed by atoms with Crippen LogP contribution in [0.25, 0.3) is 27.4 Å². The third kappa shape index (κ3) is 5.08. The topological polar surface area (TPSA) is 64.4 Å². The maximum absolute atomic E-state index is 14.2.